The van der Waals surface area contributed by atoms with Crippen molar-refractivity contribution in [1.29, 1.82) is 0 Å². The summed E-state index contributed by atoms with van der Waals surface area (Å²) in [5.74, 6) is 1.46. The lowest BCUT2D eigenvalue weighted by Crippen LogP contribution is -2.26. The second-order valence-corrected chi connectivity index (χ2v) is 9.62. The smallest absolute Gasteiger partial charge is 0.331 e. The van der Waals surface area contributed by atoms with E-state index in [0.29, 0.717) is 12.4 Å². The van der Waals surface area contributed by atoms with Crippen LogP contribution in [0.3, 0.4) is 0 Å². The van der Waals surface area contributed by atoms with Crippen molar-refractivity contribution in [2.24, 2.45) is 0 Å². The van der Waals surface area contributed by atoms with Crippen LogP contribution in [0.5, 0.6) is 0 Å². The summed E-state index contributed by atoms with van der Waals surface area (Å²) >= 11 is 0. The van der Waals surface area contributed by atoms with Crippen molar-refractivity contribution in [2.45, 2.75) is 59.5 Å². The summed E-state index contributed by atoms with van der Waals surface area (Å²) < 4.78 is 5.85. The molecule has 0 aliphatic heterocycles. The molecule has 0 unspecified atom stereocenters. The first-order valence-electron chi connectivity index (χ1n) is 12.7. The van der Waals surface area contributed by atoms with E-state index in [-0.39, 0.29) is 11.7 Å². The number of rotatable bonds is 9. The fourth-order valence-electron chi connectivity index (χ4n) is 4.71. The Labute approximate surface area is 215 Å². The molecule has 9 nitrogen and oxygen atoms in total. The first kappa shape index (κ1) is 24.4. The van der Waals surface area contributed by atoms with Crippen LogP contribution in [0, 0.1) is 6.92 Å². The number of aromatic nitrogens is 8. The van der Waals surface area contributed by atoms with Crippen molar-refractivity contribution in [3.05, 3.63) is 88.4 Å². The fourth-order valence-corrected chi connectivity index (χ4v) is 4.71. The summed E-state index contributed by atoms with van der Waals surface area (Å²) in [6.45, 7) is 8.95. The third kappa shape index (κ3) is 4.76. The summed E-state index contributed by atoms with van der Waals surface area (Å²) in [4.78, 5) is 18.4. The molecule has 0 spiro atoms. The maximum Gasteiger partial charge on any atom is 0.334 e. The zero-order chi connectivity index (χ0) is 25.9. The lowest BCUT2D eigenvalue weighted by atomic mass is 10.0. The van der Waals surface area contributed by atoms with Crippen LogP contribution < -0.4 is 5.69 Å². The van der Waals surface area contributed by atoms with Crippen LogP contribution in [0.15, 0.2) is 65.8 Å². The summed E-state index contributed by atoms with van der Waals surface area (Å²) in [6, 6.07) is 14.2. The molecule has 0 atom stereocenters. The maximum atomic E-state index is 13.7. The molecule has 9 heteroatoms. The van der Waals surface area contributed by atoms with Gasteiger partial charge >= 0.3 is 5.69 Å². The highest BCUT2D eigenvalue weighted by molar-refractivity contribution is 5.78. The van der Waals surface area contributed by atoms with Gasteiger partial charge in [0.1, 0.15) is 5.82 Å². The maximum absolute atomic E-state index is 13.7. The lowest BCUT2D eigenvalue weighted by molar-refractivity contribution is 0.582. The Balaban J connectivity index is 1.49. The third-order valence-corrected chi connectivity index (χ3v) is 6.67. The Morgan fingerprint density at radius 3 is 2.54 bits per heavy atom. The van der Waals surface area contributed by atoms with Crippen LogP contribution in [0.1, 0.15) is 56.5 Å². The van der Waals surface area contributed by atoms with Crippen LogP contribution in [0.2, 0.25) is 0 Å². The molecule has 5 aromatic rings. The Morgan fingerprint density at radius 2 is 1.86 bits per heavy atom. The lowest BCUT2D eigenvalue weighted by Gasteiger charge is -2.14. The average molecular weight is 497 g/mol. The fraction of sp³-hybridized carbons (Fsp3) is 0.321. The normalized spacial score (nSPS) is 11.5. The van der Waals surface area contributed by atoms with Crippen molar-refractivity contribution in [3.8, 4) is 28.5 Å². The molecule has 0 saturated heterocycles. The van der Waals surface area contributed by atoms with E-state index in [2.05, 4.69) is 65.1 Å². The van der Waals surface area contributed by atoms with E-state index in [0.717, 1.165) is 58.7 Å². The van der Waals surface area contributed by atoms with Gasteiger partial charge in [-0.15, -0.1) is 10.2 Å². The van der Waals surface area contributed by atoms with Gasteiger partial charge < -0.3 is 4.57 Å². The van der Waals surface area contributed by atoms with E-state index in [4.69, 9.17) is 4.98 Å². The number of aryl methyl sites for hydroxylation is 2. The number of tetrazole rings is 1. The highest BCUT2D eigenvalue weighted by Crippen LogP contribution is 2.28. The molecular weight excluding hydrogens is 464 g/mol. The van der Waals surface area contributed by atoms with Gasteiger partial charge in [-0.25, -0.2) is 4.79 Å². The Hall–Kier alpha value is -4.27. The van der Waals surface area contributed by atoms with Gasteiger partial charge in [0.2, 0.25) is 5.82 Å². The molecule has 4 aromatic heterocycles. The molecule has 0 radical (unpaired) electrons. The highest BCUT2D eigenvalue weighted by atomic mass is 16.1. The minimum Gasteiger partial charge on any atom is -0.331 e. The number of aromatic amines is 1. The zero-order valence-electron chi connectivity index (χ0n) is 21.7. The van der Waals surface area contributed by atoms with Crippen LogP contribution in [-0.2, 0) is 13.0 Å². The van der Waals surface area contributed by atoms with E-state index >= 15 is 0 Å². The molecule has 0 aliphatic carbocycles. The molecule has 37 heavy (non-hydrogen) atoms. The van der Waals surface area contributed by atoms with Gasteiger partial charge in [-0.1, -0.05) is 43.7 Å². The van der Waals surface area contributed by atoms with Gasteiger partial charge in [0.15, 0.2) is 0 Å². The van der Waals surface area contributed by atoms with Crippen molar-refractivity contribution in [2.75, 3.05) is 0 Å². The Kier molecular flexibility index (Phi) is 6.85. The second kappa shape index (κ2) is 10.4. The number of nitrogens with zero attached hydrogens (tertiary/aromatic N) is 7. The standard InChI is InChI=1S/C28H32N8O/c1-5-6-9-22-18-36(27-20(4)14-15-34(27)19(2)3)28(37)35(22)17-21-12-13-25(29-16-21)23-10-7-8-11-24(23)26-30-32-33-31-26/h7-8,10-16,18-19H,5-6,9,17H2,1-4H3,(H,30,31,32,33). The highest BCUT2D eigenvalue weighted by Gasteiger charge is 2.18. The first-order valence-corrected chi connectivity index (χ1v) is 12.7. The van der Waals surface area contributed by atoms with E-state index in [1.807, 2.05) is 57.9 Å². The summed E-state index contributed by atoms with van der Waals surface area (Å²) in [5, 5.41) is 14.4. The molecule has 0 fully saturated rings. The van der Waals surface area contributed by atoms with Gasteiger partial charge in [-0.2, -0.15) is 5.21 Å². The summed E-state index contributed by atoms with van der Waals surface area (Å²) in [5.41, 5.74) is 5.65. The number of H-pyrrole nitrogens is 1. The van der Waals surface area contributed by atoms with E-state index in [1.54, 1.807) is 0 Å². The third-order valence-electron chi connectivity index (χ3n) is 6.67. The summed E-state index contributed by atoms with van der Waals surface area (Å²) in [7, 11) is 0. The van der Waals surface area contributed by atoms with Gasteiger partial charge in [0.05, 0.1) is 12.2 Å². The van der Waals surface area contributed by atoms with Gasteiger partial charge in [-0.3, -0.25) is 14.1 Å². The van der Waals surface area contributed by atoms with E-state index < -0.39 is 0 Å². The number of imidazole rings is 1. The van der Waals surface area contributed by atoms with Crippen LogP contribution in [0.25, 0.3) is 28.5 Å². The monoisotopic (exact) mass is 496 g/mol. The molecule has 0 amide bonds. The zero-order valence-corrected chi connectivity index (χ0v) is 21.7. The molecular formula is C28H32N8O. The molecule has 0 bridgehead atoms. The predicted molar refractivity (Wildman–Crippen MR) is 144 cm³/mol. The van der Waals surface area contributed by atoms with E-state index in [9.17, 15) is 4.79 Å². The molecule has 4 heterocycles. The number of nitrogens with one attached hydrogen (secondary N) is 1. The molecule has 5 rings (SSSR count). The minimum absolute atomic E-state index is 0.0265. The van der Waals surface area contributed by atoms with Gasteiger partial charge in [0, 0.05) is 41.5 Å². The second-order valence-electron chi connectivity index (χ2n) is 9.62. The number of pyridine rings is 1. The largest absolute Gasteiger partial charge is 0.334 e. The van der Waals surface area contributed by atoms with Crippen LogP contribution in [-0.4, -0.2) is 39.3 Å². The van der Waals surface area contributed by atoms with Crippen LogP contribution >= 0.6 is 0 Å². The van der Waals surface area contributed by atoms with Crippen LogP contribution in [0.4, 0.5) is 0 Å². The number of hydrogen-bond donors (Lipinski definition) is 1. The average Bonchev–Trinajstić information content (AvgIpc) is 3.64. The molecule has 190 valence electrons. The van der Waals surface area contributed by atoms with Gasteiger partial charge in [-0.05, 0) is 62.1 Å². The van der Waals surface area contributed by atoms with Crippen molar-refractivity contribution in [3.63, 3.8) is 0 Å². The number of hydrogen-bond acceptors (Lipinski definition) is 5. The Morgan fingerprint density at radius 1 is 1.05 bits per heavy atom. The number of benzene rings is 1. The molecule has 0 aliphatic rings. The Bertz CT molecular complexity index is 1540. The molecule has 0 saturated carbocycles. The van der Waals surface area contributed by atoms with Crippen molar-refractivity contribution < 1.29 is 0 Å². The number of unbranched alkanes of at least 4 members (excludes halogenated alkanes) is 1. The van der Waals surface area contributed by atoms with E-state index in [1.165, 1.54) is 0 Å². The topological polar surface area (TPSA) is 99.2 Å². The summed E-state index contributed by atoms with van der Waals surface area (Å²) in [6.07, 6.45) is 8.86. The first-order chi connectivity index (χ1) is 18.0. The van der Waals surface area contributed by atoms with Crippen molar-refractivity contribution in [1.82, 2.24) is 39.3 Å². The predicted octanol–water partition coefficient (Wildman–Crippen LogP) is 4.96. The SMILES string of the molecule is CCCCc1cn(-c2c(C)ccn2C(C)C)c(=O)n1Cc1ccc(-c2ccccc2-c2nn[nH]n2)nc1. The molecule has 1 N–H and O–H groups in total. The van der Waals surface area contributed by atoms with Gasteiger partial charge in [0.25, 0.3) is 0 Å². The quantitative estimate of drug-likeness (QED) is 0.311. The van der Waals surface area contributed by atoms with Crippen molar-refractivity contribution >= 4 is 0 Å². The molecule has 1 aromatic carbocycles. The minimum atomic E-state index is -0.0265.